The number of benzene rings is 1. The SMILES string of the molecule is COCC(=O)Nc1cccc(NCC(CN)C(C)C)c1. The molecule has 0 aliphatic carbocycles. The van der Waals surface area contributed by atoms with Gasteiger partial charge in [0.25, 0.3) is 0 Å². The van der Waals surface area contributed by atoms with Crippen molar-refractivity contribution >= 4 is 17.3 Å². The van der Waals surface area contributed by atoms with E-state index in [2.05, 4.69) is 24.5 Å². The maximum absolute atomic E-state index is 11.5. The van der Waals surface area contributed by atoms with Gasteiger partial charge < -0.3 is 21.1 Å². The predicted octanol–water partition coefficient (Wildman–Crippen LogP) is 1.91. The van der Waals surface area contributed by atoms with Gasteiger partial charge in [-0.15, -0.1) is 0 Å². The lowest BCUT2D eigenvalue weighted by Crippen LogP contribution is -2.27. The molecular weight excluding hydrogens is 254 g/mol. The van der Waals surface area contributed by atoms with Crippen LogP contribution in [-0.2, 0) is 9.53 Å². The summed E-state index contributed by atoms with van der Waals surface area (Å²) in [5, 5.41) is 6.14. The summed E-state index contributed by atoms with van der Waals surface area (Å²) in [5.41, 5.74) is 7.48. The molecule has 1 aromatic rings. The second-order valence-corrected chi connectivity index (χ2v) is 5.18. The first-order valence-corrected chi connectivity index (χ1v) is 6.89. The van der Waals surface area contributed by atoms with Crippen molar-refractivity contribution in [2.75, 3.05) is 37.4 Å². The van der Waals surface area contributed by atoms with E-state index in [0.29, 0.717) is 18.4 Å². The topological polar surface area (TPSA) is 76.4 Å². The Balaban J connectivity index is 2.57. The van der Waals surface area contributed by atoms with Gasteiger partial charge in [-0.3, -0.25) is 4.79 Å². The number of nitrogens with one attached hydrogen (secondary N) is 2. The molecule has 0 spiro atoms. The molecule has 0 saturated carbocycles. The zero-order valence-corrected chi connectivity index (χ0v) is 12.5. The minimum Gasteiger partial charge on any atom is -0.385 e. The van der Waals surface area contributed by atoms with Gasteiger partial charge in [-0.1, -0.05) is 19.9 Å². The van der Waals surface area contributed by atoms with E-state index in [0.717, 1.165) is 17.9 Å². The van der Waals surface area contributed by atoms with Crippen LogP contribution < -0.4 is 16.4 Å². The Hall–Kier alpha value is -1.59. The van der Waals surface area contributed by atoms with E-state index < -0.39 is 0 Å². The number of anilines is 2. The number of hydrogen-bond acceptors (Lipinski definition) is 4. The molecule has 0 aliphatic rings. The van der Waals surface area contributed by atoms with Crippen LogP contribution >= 0.6 is 0 Å². The van der Waals surface area contributed by atoms with Crippen LogP contribution in [0.4, 0.5) is 11.4 Å². The summed E-state index contributed by atoms with van der Waals surface area (Å²) in [4.78, 5) is 11.5. The Morgan fingerprint density at radius 1 is 1.35 bits per heavy atom. The molecule has 1 rings (SSSR count). The number of methoxy groups -OCH3 is 1. The summed E-state index contributed by atoms with van der Waals surface area (Å²) < 4.78 is 4.78. The van der Waals surface area contributed by atoms with Crippen LogP contribution in [0.25, 0.3) is 0 Å². The van der Waals surface area contributed by atoms with Gasteiger partial charge in [0, 0.05) is 25.0 Å². The van der Waals surface area contributed by atoms with Gasteiger partial charge in [-0.25, -0.2) is 0 Å². The number of ether oxygens (including phenoxy) is 1. The van der Waals surface area contributed by atoms with E-state index in [1.54, 1.807) is 0 Å². The molecule has 0 heterocycles. The van der Waals surface area contributed by atoms with Gasteiger partial charge >= 0.3 is 0 Å². The Labute approximate surface area is 120 Å². The number of carbonyl (C=O) groups excluding carboxylic acids is 1. The summed E-state index contributed by atoms with van der Waals surface area (Å²) in [6, 6.07) is 7.63. The molecule has 0 aliphatic heterocycles. The highest BCUT2D eigenvalue weighted by atomic mass is 16.5. The molecule has 1 amide bonds. The third-order valence-corrected chi connectivity index (χ3v) is 3.24. The first kappa shape index (κ1) is 16.5. The predicted molar refractivity (Wildman–Crippen MR) is 82.8 cm³/mol. The molecule has 5 nitrogen and oxygen atoms in total. The summed E-state index contributed by atoms with van der Waals surface area (Å²) in [5.74, 6) is 0.811. The molecule has 1 unspecified atom stereocenters. The molecule has 0 fully saturated rings. The molecule has 0 radical (unpaired) electrons. The van der Waals surface area contributed by atoms with Crippen LogP contribution in [0.3, 0.4) is 0 Å². The average Bonchev–Trinajstić information content (AvgIpc) is 2.39. The first-order valence-electron chi connectivity index (χ1n) is 6.89. The van der Waals surface area contributed by atoms with E-state index in [4.69, 9.17) is 10.5 Å². The Morgan fingerprint density at radius 2 is 2.05 bits per heavy atom. The van der Waals surface area contributed by atoms with Crippen LogP contribution in [-0.4, -0.2) is 32.7 Å². The second-order valence-electron chi connectivity index (χ2n) is 5.18. The van der Waals surface area contributed by atoms with E-state index in [-0.39, 0.29) is 12.5 Å². The largest absolute Gasteiger partial charge is 0.385 e. The van der Waals surface area contributed by atoms with Crippen LogP contribution in [0.5, 0.6) is 0 Å². The van der Waals surface area contributed by atoms with E-state index >= 15 is 0 Å². The molecule has 1 aromatic carbocycles. The van der Waals surface area contributed by atoms with Crippen molar-refractivity contribution in [3.05, 3.63) is 24.3 Å². The normalized spacial score (nSPS) is 12.2. The molecule has 1 atom stereocenters. The second kappa shape index (κ2) is 8.55. The Kier molecular flexibility index (Phi) is 7.04. The highest BCUT2D eigenvalue weighted by molar-refractivity contribution is 5.92. The molecule has 5 heteroatoms. The number of carbonyl (C=O) groups is 1. The minimum atomic E-state index is -0.160. The number of hydrogen-bond donors (Lipinski definition) is 3. The van der Waals surface area contributed by atoms with Crippen molar-refractivity contribution in [3.63, 3.8) is 0 Å². The maximum atomic E-state index is 11.5. The van der Waals surface area contributed by atoms with Crippen molar-refractivity contribution in [2.24, 2.45) is 17.6 Å². The van der Waals surface area contributed by atoms with Crippen molar-refractivity contribution in [1.29, 1.82) is 0 Å². The fourth-order valence-electron chi connectivity index (χ4n) is 1.88. The lowest BCUT2D eigenvalue weighted by atomic mass is 9.96. The summed E-state index contributed by atoms with van der Waals surface area (Å²) in [7, 11) is 1.50. The average molecular weight is 279 g/mol. The van der Waals surface area contributed by atoms with Gasteiger partial charge in [-0.05, 0) is 36.6 Å². The quantitative estimate of drug-likeness (QED) is 0.679. The zero-order valence-electron chi connectivity index (χ0n) is 12.5. The Bertz CT molecular complexity index is 421. The van der Waals surface area contributed by atoms with Gasteiger partial charge in [0.05, 0.1) is 0 Å². The molecule has 4 N–H and O–H groups in total. The van der Waals surface area contributed by atoms with E-state index in [1.165, 1.54) is 7.11 Å². The lowest BCUT2D eigenvalue weighted by Gasteiger charge is -2.20. The van der Waals surface area contributed by atoms with Crippen LogP contribution in [0, 0.1) is 11.8 Å². The molecular formula is C15H25N3O2. The van der Waals surface area contributed by atoms with Crippen molar-refractivity contribution in [2.45, 2.75) is 13.8 Å². The van der Waals surface area contributed by atoms with Gasteiger partial charge in [-0.2, -0.15) is 0 Å². The van der Waals surface area contributed by atoms with Crippen LogP contribution in [0.15, 0.2) is 24.3 Å². The molecule has 0 bridgehead atoms. The number of amides is 1. The van der Waals surface area contributed by atoms with Crippen molar-refractivity contribution in [3.8, 4) is 0 Å². The van der Waals surface area contributed by atoms with Gasteiger partial charge in [0.2, 0.25) is 5.91 Å². The highest BCUT2D eigenvalue weighted by Gasteiger charge is 2.11. The molecule has 112 valence electrons. The summed E-state index contributed by atoms with van der Waals surface area (Å²) in [6.45, 7) is 5.88. The highest BCUT2D eigenvalue weighted by Crippen LogP contribution is 2.17. The molecule has 20 heavy (non-hydrogen) atoms. The lowest BCUT2D eigenvalue weighted by molar-refractivity contribution is -0.119. The zero-order chi connectivity index (χ0) is 15.0. The van der Waals surface area contributed by atoms with Crippen molar-refractivity contribution < 1.29 is 9.53 Å². The fourth-order valence-corrected chi connectivity index (χ4v) is 1.88. The van der Waals surface area contributed by atoms with E-state index in [1.807, 2.05) is 24.3 Å². The monoisotopic (exact) mass is 279 g/mol. The van der Waals surface area contributed by atoms with Crippen LogP contribution in [0.2, 0.25) is 0 Å². The molecule has 0 aromatic heterocycles. The third kappa shape index (κ3) is 5.59. The van der Waals surface area contributed by atoms with Gasteiger partial charge in [0.1, 0.15) is 6.61 Å². The van der Waals surface area contributed by atoms with Crippen molar-refractivity contribution in [1.82, 2.24) is 0 Å². The number of rotatable bonds is 8. The molecule has 0 saturated heterocycles. The van der Waals surface area contributed by atoms with Crippen LogP contribution in [0.1, 0.15) is 13.8 Å². The van der Waals surface area contributed by atoms with E-state index in [9.17, 15) is 4.79 Å². The standard InChI is InChI=1S/C15H25N3O2/c1-11(2)12(8-16)9-17-13-5-4-6-14(7-13)18-15(19)10-20-3/h4-7,11-12,17H,8-10,16H2,1-3H3,(H,18,19). The minimum absolute atomic E-state index is 0.0558. The number of nitrogens with two attached hydrogens (primary N) is 1. The third-order valence-electron chi connectivity index (χ3n) is 3.24. The fraction of sp³-hybridized carbons (Fsp3) is 0.533. The summed E-state index contributed by atoms with van der Waals surface area (Å²) >= 11 is 0. The Morgan fingerprint density at radius 3 is 2.65 bits per heavy atom. The summed E-state index contributed by atoms with van der Waals surface area (Å²) in [6.07, 6.45) is 0. The smallest absolute Gasteiger partial charge is 0.250 e. The first-order chi connectivity index (χ1) is 9.56. The maximum Gasteiger partial charge on any atom is 0.250 e. The van der Waals surface area contributed by atoms with Gasteiger partial charge in [0.15, 0.2) is 0 Å².